The highest BCUT2D eigenvalue weighted by atomic mass is 16.3. The summed E-state index contributed by atoms with van der Waals surface area (Å²) in [5, 5.41) is 13.6. The maximum absolute atomic E-state index is 9.94. The molecule has 0 aromatic heterocycles. The fourth-order valence-corrected chi connectivity index (χ4v) is 2.58. The predicted octanol–water partition coefficient (Wildman–Crippen LogP) is 1.47. The molecule has 0 bridgehead atoms. The Morgan fingerprint density at radius 2 is 2.06 bits per heavy atom. The normalized spacial score (nSPS) is 28.6. The number of hydrogen-bond acceptors (Lipinski definition) is 3. The first kappa shape index (κ1) is 13.3. The van der Waals surface area contributed by atoms with Gasteiger partial charge in [-0.05, 0) is 50.6 Å². The van der Waals surface area contributed by atoms with E-state index in [1.54, 1.807) is 0 Å². The summed E-state index contributed by atoms with van der Waals surface area (Å²) in [7, 11) is 0. The van der Waals surface area contributed by atoms with Gasteiger partial charge in [-0.3, -0.25) is 0 Å². The lowest BCUT2D eigenvalue weighted by molar-refractivity contribution is 0.0567. The van der Waals surface area contributed by atoms with Gasteiger partial charge in [0.1, 0.15) is 0 Å². The third-order valence-electron chi connectivity index (χ3n) is 4.09. The number of rotatable bonds is 6. The molecule has 3 heteroatoms. The smallest absolute Gasteiger partial charge is 0.0689 e. The first-order valence-corrected chi connectivity index (χ1v) is 7.29. The number of β-amino-alcohol motifs (C(OH)–C–C–N with tert-alkyl or cyclic N) is 1. The third-order valence-corrected chi connectivity index (χ3v) is 4.09. The van der Waals surface area contributed by atoms with Crippen molar-refractivity contribution >= 4 is 0 Å². The van der Waals surface area contributed by atoms with Gasteiger partial charge in [0.15, 0.2) is 0 Å². The molecule has 0 aromatic rings. The lowest BCUT2D eigenvalue weighted by Gasteiger charge is -2.34. The van der Waals surface area contributed by atoms with Crippen molar-refractivity contribution in [2.75, 3.05) is 26.2 Å². The Hall–Kier alpha value is -0.120. The van der Waals surface area contributed by atoms with Crippen molar-refractivity contribution < 1.29 is 5.11 Å². The summed E-state index contributed by atoms with van der Waals surface area (Å²) in [6.45, 7) is 8.57. The molecule has 2 rings (SSSR count). The van der Waals surface area contributed by atoms with Crippen LogP contribution in [-0.4, -0.2) is 48.3 Å². The number of nitrogens with zero attached hydrogens (tertiary/aromatic N) is 1. The van der Waals surface area contributed by atoms with Crippen LogP contribution in [0.2, 0.25) is 0 Å². The molecule has 2 atom stereocenters. The molecule has 0 radical (unpaired) electrons. The van der Waals surface area contributed by atoms with Crippen LogP contribution in [0, 0.1) is 11.8 Å². The van der Waals surface area contributed by atoms with E-state index in [0.29, 0.717) is 5.92 Å². The standard InChI is InChI=1S/C14H28N2O/c1-11(2)14(17)10-16-7-3-4-12(9-16)8-15-13-5-6-13/h11-15,17H,3-10H2,1-2H3. The summed E-state index contributed by atoms with van der Waals surface area (Å²) in [6, 6.07) is 0.826. The Morgan fingerprint density at radius 1 is 1.29 bits per heavy atom. The highest BCUT2D eigenvalue weighted by Gasteiger charge is 2.25. The van der Waals surface area contributed by atoms with E-state index >= 15 is 0 Å². The molecule has 3 nitrogen and oxygen atoms in total. The van der Waals surface area contributed by atoms with Crippen LogP contribution < -0.4 is 5.32 Å². The van der Waals surface area contributed by atoms with Gasteiger partial charge in [-0.1, -0.05) is 13.8 Å². The number of hydrogen-bond donors (Lipinski definition) is 2. The molecule has 1 aliphatic heterocycles. The average Bonchev–Trinajstić information content (AvgIpc) is 3.10. The molecule has 17 heavy (non-hydrogen) atoms. The zero-order valence-electron chi connectivity index (χ0n) is 11.4. The maximum atomic E-state index is 9.94. The van der Waals surface area contributed by atoms with E-state index in [-0.39, 0.29) is 6.10 Å². The van der Waals surface area contributed by atoms with E-state index in [2.05, 4.69) is 24.1 Å². The predicted molar refractivity (Wildman–Crippen MR) is 71.0 cm³/mol. The van der Waals surface area contributed by atoms with Gasteiger partial charge in [-0.25, -0.2) is 0 Å². The second-order valence-corrected chi connectivity index (χ2v) is 6.26. The second kappa shape index (κ2) is 6.17. The van der Waals surface area contributed by atoms with Gasteiger partial charge in [0.2, 0.25) is 0 Å². The monoisotopic (exact) mass is 240 g/mol. The zero-order valence-corrected chi connectivity index (χ0v) is 11.4. The highest BCUT2D eigenvalue weighted by molar-refractivity contribution is 4.84. The minimum absolute atomic E-state index is 0.162. The molecular formula is C14H28N2O. The summed E-state index contributed by atoms with van der Waals surface area (Å²) in [5.41, 5.74) is 0. The van der Waals surface area contributed by atoms with Crippen LogP contribution in [-0.2, 0) is 0 Å². The number of aliphatic hydroxyl groups is 1. The molecule has 0 aromatic carbocycles. The van der Waals surface area contributed by atoms with Crippen molar-refractivity contribution in [2.24, 2.45) is 11.8 Å². The van der Waals surface area contributed by atoms with Gasteiger partial charge < -0.3 is 15.3 Å². The summed E-state index contributed by atoms with van der Waals surface area (Å²) < 4.78 is 0. The van der Waals surface area contributed by atoms with Gasteiger partial charge in [0, 0.05) is 19.1 Å². The van der Waals surface area contributed by atoms with Gasteiger partial charge >= 0.3 is 0 Å². The SMILES string of the molecule is CC(C)C(O)CN1CCCC(CNC2CC2)C1. The van der Waals surface area contributed by atoms with Gasteiger partial charge in [-0.2, -0.15) is 0 Å². The van der Waals surface area contributed by atoms with E-state index in [0.717, 1.165) is 18.5 Å². The molecule has 100 valence electrons. The van der Waals surface area contributed by atoms with E-state index < -0.39 is 0 Å². The lowest BCUT2D eigenvalue weighted by Crippen LogP contribution is -2.44. The van der Waals surface area contributed by atoms with Crippen LogP contribution in [0.1, 0.15) is 39.5 Å². The molecule has 1 saturated heterocycles. The van der Waals surface area contributed by atoms with Crippen LogP contribution in [0.25, 0.3) is 0 Å². The molecule has 2 fully saturated rings. The largest absolute Gasteiger partial charge is 0.392 e. The number of piperidine rings is 1. The van der Waals surface area contributed by atoms with Gasteiger partial charge in [0.05, 0.1) is 6.10 Å². The fraction of sp³-hybridized carbons (Fsp3) is 1.00. The van der Waals surface area contributed by atoms with Crippen molar-refractivity contribution in [3.05, 3.63) is 0 Å². The number of aliphatic hydroxyl groups excluding tert-OH is 1. The molecular weight excluding hydrogens is 212 g/mol. The van der Waals surface area contributed by atoms with Crippen LogP contribution >= 0.6 is 0 Å². The topological polar surface area (TPSA) is 35.5 Å². The highest BCUT2D eigenvalue weighted by Crippen LogP contribution is 2.21. The molecule has 2 aliphatic rings. The van der Waals surface area contributed by atoms with E-state index in [1.807, 2.05) is 0 Å². The van der Waals surface area contributed by atoms with Crippen LogP contribution in [0.4, 0.5) is 0 Å². The summed E-state index contributed by atoms with van der Waals surface area (Å²) in [5.74, 6) is 1.17. The summed E-state index contributed by atoms with van der Waals surface area (Å²) in [4.78, 5) is 2.45. The minimum atomic E-state index is -0.162. The Kier molecular flexibility index (Phi) is 4.83. The van der Waals surface area contributed by atoms with Crippen molar-refractivity contribution in [3.63, 3.8) is 0 Å². The number of likely N-dealkylation sites (tertiary alicyclic amines) is 1. The minimum Gasteiger partial charge on any atom is -0.392 e. The first-order chi connectivity index (χ1) is 8.15. The van der Waals surface area contributed by atoms with Crippen LogP contribution in [0.3, 0.4) is 0 Å². The fourth-order valence-electron chi connectivity index (χ4n) is 2.58. The molecule has 1 saturated carbocycles. The average molecular weight is 240 g/mol. The Bertz CT molecular complexity index is 228. The summed E-state index contributed by atoms with van der Waals surface area (Å²) in [6.07, 6.45) is 5.24. The Balaban J connectivity index is 1.67. The van der Waals surface area contributed by atoms with E-state index in [4.69, 9.17) is 0 Å². The third kappa shape index (κ3) is 4.57. The van der Waals surface area contributed by atoms with Crippen molar-refractivity contribution in [3.8, 4) is 0 Å². The Labute approximate surface area is 106 Å². The molecule has 2 N–H and O–H groups in total. The zero-order chi connectivity index (χ0) is 12.3. The lowest BCUT2D eigenvalue weighted by atomic mass is 9.96. The number of nitrogens with one attached hydrogen (secondary N) is 1. The van der Waals surface area contributed by atoms with Crippen molar-refractivity contribution in [2.45, 2.75) is 51.7 Å². The Morgan fingerprint density at radius 3 is 2.71 bits per heavy atom. The van der Waals surface area contributed by atoms with Gasteiger partial charge in [0.25, 0.3) is 0 Å². The molecule has 2 unspecified atom stereocenters. The van der Waals surface area contributed by atoms with Gasteiger partial charge in [-0.15, -0.1) is 0 Å². The van der Waals surface area contributed by atoms with E-state index in [9.17, 15) is 5.11 Å². The van der Waals surface area contributed by atoms with Crippen molar-refractivity contribution in [1.29, 1.82) is 0 Å². The molecule has 1 heterocycles. The molecule has 0 amide bonds. The van der Waals surface area contributed by atoms with Crippen molar-refractivity contribution in [1.82, 2.24) is 10.2 Å². The van der Waals surface area contributed by atoms with E-state index in [1.165, 1.54) is 45.3 Å². The first-order valence-electron chi connectivity index (χ1n) is 7.29. The van der Waals surface area contributed by atoms with Crippen LogP contribution in [0.5, 0.6) is 0 Å². The molecule has 0 spiro atoms. The quantitative estimate of drug-likeness (QED) is 0.738. The second-order valence-electron chi connectivity index (χ2n) is 6.26. The summed E-state index contributed by atoms with van der Waals surface area (Å²) >= 11 is 0. The maximum Gasteiger partial charge on any atom is 0.0689 e. The molecule has 1 aliphatic carbocycles. The van der Waals surface area contributed by atoms with Crippen LogP contribution in [0.15, 0.2) is 0 Å².